The number of hydrogen-bond donors (Lipinski definition) is 0. The maximum atomic E-state index is 11.3. The van der Waals surface area contributed by atoms with Crippen LogP contribution in [0.15, 0.2) is 24.8 Å². The van der Waals surface area contributed by atoms with Gasteiger partial charge in [-0.3, -0.25) is 4.79 Å². The van der Waals surface area contributed by atoms with E-state index in [-0.39, 0.29) is 18.3 Å². The summed E-state index contributed by atoms with van der Waals surface area (Å²) in [5.41, 5.74) is 0.320. The van der Waals surface area contributed by atoms with Crippen LogP contribution in [0.1, 0.15) is 27.2 Å². The highest BCUT2D eigenvalue weighted by Gasteiger charge is 2.21. The highest BCUT2D eigenvalue weighted by molar-refractivity contribution is 5.87. The van der Waals surface area contributed by atoms with E-state index in [1.54, 1.807) is 20.8 Å². The van der Waals surface area contributed by atoms with Gasteiger partial charge in [0.25, 0.3) is 0 Å². The lowest BCUT2D eigenvalue weighted by molar-refractivity contribution is -0.150. The third kappa shape index (κ3) is 5.90. The van der Waals surface area contributed by atoms with Crippen molar-refractivity contribution in [1.82, 2.24) is 0 Å². The summed E-state index contributed by atoms with van der Waals surface area (Å²) in [5.74, 6) is -0.960. The fourth-order valence-corrected chi connectivity index (χ4v) is 1.22. The second kappa shape index (κ2) is 7.65. The van der Waals surface area contributed by atoms with Gasteiger partial charge >= 0.3 is 11.9 Å². The molecule has 4 nitrogen and oxygen atoms in total. The average molecular weight is 240 g/mol. The average Bonchev–Trinajstić information content (AvgIpc) is 2.25. The van der Waals surface area contributed by atoms with E-state index in [9.17, 15) is 9.59 Å². The lowest BCUT2D eigenvalue weighted by Crippen LogP contribution is -2.26. The minimum absolute atomic E-state index is 0.171. The van der Waals surface area contributed by atoms with Crippen LogP contribution in [-0.4, -0.2) is 24.6 Å². The van der Waals surface area contributed by atoms with Crippen LogP contribution in [0.3, 0.4) is 0 Å². The van der Waals surface area contributed by atoms with Gasteiger partial charge in [0.1, 0.15) is 6.10 Å². The molecule has 0 amide bonds. The first kappa shape index (κ1) is 15.4. The maximum absolute atomic E-state index is 11.3. The zero-order valence-electron chi connectivity index (χ0n) is 10.7. The van der Waals surface area contributed by atoms with Gasteiger partial charge in [0.2, 0.25) is 0 Å². The van der Waals surface area contributed by atoms with E-state index in [2.05, 4.69) is 13.2 Å². The monoisotopic (exact) mass is 240 g/mol. The van der Waals surface area contributed by atoms with E-state index in [4.69, 9.17) is 9.47 Å². The molecule has 17 heavy (non-hydrogen) atoms. The lowest BCUT2D eigenvalue weighted by atomic mass is 10.0. The Bertz CT molecular complexity index is 307. The first-order valence-corrected chi connectivity index (χ1v) is 5.57. The topological polar surface area (TPSA) is 52.6 Å². The highest BCUT2D eigenvalue weighted by atomic mass is 16.5. The van der Waals surface area contributed by atoms with Crippen molar-refractivity contribution in [3.63, 3.8) is 0 Å². The summed E-state index contributed by atoms with van der Waals surface area (Å²) in [7, 11) is 0. The van der Waals surface area contributed by atoms with Crippen molar-refractivity contribution < 1.29 is 19.1 Å². The molecule has 0 aliphatic rings. The molecule has 0 aromatic heterocycles. The SMILES string of the molecule is C=CC(OC(=O)C(=C)C)C(C)CC(=O)OCC. The standard InChI is InChI=1S/C13H20O4/c1-6-11(17-13(15)9(3)4)10(5)8-12(14)16-7-2/h6,10-11H,1,3,7-8H2,2,4-5H3. The van der Waals surface area contributed by atoms with Crippen LogP contribution in [0, 0.1) is 5.92 Å². The summed E-state index contributed by atoms with van der Waals surface area (Å²) in [6.45, 7) is 12.5. The lowest BCUT2D eigenvalue weighted by Gasteiger charge is -2.20. The second-order valence-electron chi connectivity index (χ2n) is 3.87. The predicted octanol–water partition coefficient (Wildman–Crippen LogP) is 2.25. The highest BCUT2D eigenvalue weighted by Crippen LogP contribution is 2.15. The zero-order valence-corrected chi connectivity index (χ0v) is 10.7. The van der Waals surface area contributed by atoms with E-state index in [1.165, 1.54) is 6.08 Å². The molecule has 0 fully saturated rings. The van der Waals surface area contributed by atoms with Gasteiger partial charge in [-0.25, -0.2) is 4.79 Å². The Balaban J connectivity index is 4.35. The summed E-state index contributed by atoms with van der Waals surface area (Å²) < 4.78 is 9.97. The molecule has 96 valence electrons. The van der Waals surface area contributed by atoms with Crippen LogP contribution in [-0.2, 0) is 19.1 Å². The van der Waals surface area contributed by atoms with Gasteiger partial charge in [-0.05, 0) is 13.8 Å². The van der Waals surface area contributed by atoms with Crippen LogP contribution in [0.2, 0.25) is 0 Å². The van der Waals surface area contributed by atoms with Gasteiger partial charge < -0.3 is 9.47 Å². The molecule has 0 saturated heterocycles. The molecule has 2 atom stereocenters. The van der Waals surface area contributed by atoms with Crippen LogP contribution in [0.5, 0.6) is 0 Å². The molecule has 0 bridgehead atoms. The van der Waals surface area contributed by atoms with Crippen LogP contribution in [0.25, 0.3) is 0 Å². The van der Waals surface area contributed by atoms with E-state index >= 15 is 0 Å². The summed E-state index contributed by atoms with van der Waals surface area (Å²) in [6.07, 6.45) is 1.18. The van der Waals surface area contributed by atoms with Gasteiger partial charge in [0.15, 0.2) is 0 Å². The largest absolute Gasteiger partial charge is 0.466 e. The molecule has 0 radical (unpaired) electrons. The summed E-state index contributed by atoms with van der Waals surface area (Å²) in [5, 5.41) is 0. The van der Waals surface area contributed by atoms with E-state index in [0.29, 0.717) is 12.2 Å². The molecule has 4 heteroatoms. The smallest absolute Gasteiger partial charge is 0.333 e. The summed E-state index contributed by atoms with van der Waals surface area (Å²) >= 11 is 0. The van der Waals surface area contributed by atoms with Crippen molar-refractivity contribution in [2.45, 2.75) is 33.3 Å². The number of carbonyl (C=O) groups is 2. The number of hydrogen-bond acceptors (Lipinski definition) is 4. The third-order valence-corrected chi connectivity index (χ3v) is 2.18. The normalized spacial score (nSPS) is 13.4. The molecule has 0 aliphatic heterocycles. The molecule has 0 N–H and O–H groups in total. The Kier molecular flexibility index (Phi) is 6.94. The van der Waals surface area contributed by atoms with Crippen molar-refractivity contribution in [3.05, 3.63) is 24.8 Å². The molecule has 2 unspecified atom stereocenters. The number of carbonyl (C=O) groups excluding carboxylic acids is 2. The van der Waals surface area contributed by atoms with Gasteiger partial charge in [-0.1, -0.05) is 26.2 Å². The molecular formula is C13H20O4. The van der Waals surface area contributed by atoms with E-state index < -0.39 is 12.1 Å². The van der Waals surface area contributed by atoms with Gasteiger partial charge in [-0.2, -0.15) is 0 Å². The van der Waals surface area contributed by atoms with Gasteiger partial charge in [0.05, 0.1) is 13.0 Å². The predicted molar refractivity (Wildman–Crippen MR) is 65.3 cm³/mol. The van der Waals surface area contributed by atoms with Crippen LogP contribution >= 0.6 is 0 Å². The number of esters is 2. The molecule has 0 rings (SSSR count). The summed E-state index contributed by atoms with van der Waals surface area (Å²) in [4.78, 5) is 22.6. The molecule has 0 saturated carbocycles. The fraction of sp³-hybridized carbons (Fsp3) is 0.538. The Morgan fingerprint density at radius 2 is 2.00 bits per heavy atom. The van der Waals surface area contributed by atoms with E-state index in [1.807, 2.05) is 0 Å². The Morgan fingerprint density at radius 1 is 1.41 bits per heavy atom. The van der Waals surface area contributed by atoms with Crippen LogP contribution < -0.4 is 0 Å². The summed E-state index contributed by atoms with van der Waals surface area (Å²) in [6, 6.07) is 0. The van der Waals surface area contributed by atoms with Crippen LogP contribution in [0.4, 0.5) is 0 Å². The van der Waals surface area contributed by atoms with Crippen molar-refractivity contribution in [2.24, 2.45) is 5.92 Å². The second-order valence-corrected chi connectivity index (χ2v) is 3.87. The quantitative estimate of drug-likeness (QED) is 0.389. The van der Waals surface area contributed by atoms with Crippen molar-refractivity contribution in [3.8, 4) is 0 Å². The molecule has 0 aromatic carbocycles. The van der Waals surface area contributed by atoms with Crippen molar-refractivity contribution in [1.29, 1.82) is 0 Å². The molecule has 0 aliphatic carbocycles. The third-order valence-electron chi connectivity index (χ3n) is 2.18. The minimum Gasteiger partial charge on any atom is -0.466 e. The molecular weight excluding hydrogens is 220 g/mol. The Hall–Kier alpha value is -1.58. The van der Waals surface area contributed by atoms with Gasteiger partial charge in [0, 0.05) is 11.5 Å². The Morgan fingerprint density at radius 3 is 2.41 bits per heavy atom. The zero-order chi connectivity index (χ0) is 13.4. The first-order chi connectivity index (χ1) is 7.92. The molecule has 0 spiro atoms. The minimum atomic E-state index is -0.511. The first-order valence-electron chi connectivity index (χ1n) is 5.57. The van der Waals surface area contributed by atoms with Gasteiger partial charge in [-0.15, -0.1) is 0 Å². The van der Waals surface area contributed by atoms with E-state index in [0.717, 1.165) is 0 Å². The Labute approximate surface area is 102 Å². The number of rotatable bonds is 7. The van der Waals surface area contributed by atoms with Crippen molar-refractivity contribution >= 4 is 11.9 Å². The number of ether oxygens (including phenoxy) is 2. The van der Waals surface area contributed by atoms with Crippen molar-refractivity contribution in [2.75, 3.05) is 6.61 Å². The maximum Gasteiger partial charge on any atom is 0.333 e. The fourth-order valence-electron chi connectivity index (χ4n) is 1.22. The molecule has 0 heterocycles. The molecule has 0 aromatic rings.